The molecule has 18 heavy (non-hydrogen) atoms. The Morgan fingerprint density at radius 3 is 3.06 bits per heavy atom. The highest BCUT2D eigenvalue weighted by Gasteiger charge is 2.08. The summed E-state index contributed by atoms with van der Waals surface area (Å²) < 4.78 is 0.718. The summed E-state index contributed by atoms with van der Waals surface area (Å²) in [7, 11) is 0. The lowest BCUT2D eigenvalue weighted by Crippen LogP contribution is -2.18. The average molecular weight is 302 g/mol. The van der Waals surface area contributed by atoms with Crippen LogP contribution in [0.4, 0.5) is 14.9 Å². The molecule has 0 atom stereocenters. The number of rotatable bonds is 5. The highest BCUT2D eigenvalue weighted by molar-refractivity contribution is 8.01. The van der Waals surface area contributed by atoms with Gasteiger partial charge in [0.2, 0.25) is 5.13 Å². The van der Waals surface area contributed by atoms with Crippen molar-refractivity contribution < 1.29 is 9.90 Å². The van der Waals surface area contributed by atoms with Gasteiger partial charge in [0.1, 0.15) is 0 Å². The van der Waals surface area contributed by atoms with Crippen LogP contribution in [0.3, 0.4) is 0 Å². The van der Waals surface area contributed by atoms with Gasteiger partial charge in [0.25, 0.3) is 0 Å². The van der Waals surface area contributed by atoms with E-state index < -0.39 is 0 Å². The first-order chi connectivity index (χ1) is 8.78. The molecule has 0 unspecified atom stereocenters. The van der Waals surface area contributed by atoms with Gasteiger partial charge >= 0.3 is 6.03 Å². The summed E-state index contributed by atoms with van der Waals surface area (Å²) >= 11 is 4.12. The molecule has 2 aromatic heterocycles. The Labute approximate surface area is 115 Å². The van der Waals surface area contributed by atoms with E-state index in [9.17, 15) is 4.79 Å². The molecule has 0 aliphatic heterocycles. The molecule has 0 saturated heterocycles. The number of amides is 2. The van der Waals surface area contributed by atoms with Gasteiger partial charge in [-0.2, -0.15) is 0 Å². The molecule has 9 heteroatoms. The second-order valence-corrected chi connectivity index (χ2v) is 6.27. The number of carbonyl (C=O) groups excluding carboxylic acids is 1. The van der Waals surface area contributed by atoms with Gasteiger partial charge in [-0.3, -0.25) is 10.6 Å². The fraction of sp³-hybridized carbons (Fsp3) is 0.222. The van der Waals surface area contributed by atoms with Gasteiger partial charge in [-0.1, -0.05) is 23.1 Å². The lowest BCUT2D eigenvalue weighted by molar-refractivity contribution is 0.262. The molecule has 2 heterocycles. The van der Waals surface area contributed by atoms with Crippen LogP contribution in [0.25, 0.3) is 0 Å². The summed E-state index contributed by atoms with van der Waals surface area (Å²) in [5.41, 5.74) is 0. The largest absolute Gasteiger partial charge is 0.396 e. The molecule has 0 radical (unpaired) electrons. The van der Waals surface area contributed by atoms with Crippen molar-refractivity contribution in [3.05, 3.63) is 17.5 Å². The van der Waals surface area contributed by atoms with E-state index in [1.807, 2.05) is 17.5 Å². The lowest BCUT2D eigenvalue weighted by Gasteiger charge is -2.01. The number of thioether (sulfide) groups is 1. The zero-order valence-corrected chi connectivity index (χ0v) is 11.6. The second-order valence-electron chi connectivity index (χ2n) is 3.00. The van der Waals surface area contributed by atoms with Gasteiger partial charge in [0.05, 0.1) is 11.6 Å². The zero-order valence-electron chi connectivity index (χ0n) is 9.12. The SMILES string of the molecule is O=C(Nc1cccs1)Nc1nnc(SCCO)s1. The summed E-state index contributed by atoms with van der Waals surface area (Å²) in [4.78, 5) is 11.6. The van der Waals surface area contributed by atoms with E-state index in [1.54, 1.807) is 0 Å². The number of nitrogens with zero attached hydrogens (tertiary/aromatic N) is 2. The van der Waals surface area contributed by atoms with E-state index >= 15 is 0 Å². The van der Waals surface area contributed by atoms with Crippen LogP contribution in [0.2, 0.25) is 0 Å². The molecule has 0 fully saturated rings. The minimum Gasteiger partial charge on any atom is -0.396 e. The third-order valence-electron chi connectivity index (χ3n) is 1.70. The van der Waals surface area contributed by atoms with Crippen molar-refractivity contribution in [2.24, 2.45) is 0 Å². The maximum atomic E-state index is 11.6. The Hall–Kier alpha value is -1.16. The Kier molecular flexibility index (Phi) is 4.93. The van der Waals surface area contributed by atoms with Crippen molar-refractivity contribution in [2.45, 2.75) is 4.34 Å². The summed E-state index contributed by atoms with van der Waals surface area (Å²) in [6.07, 6.45) is 0. The quantitative estimate of drug-likeness (QED) is 0.583. The van der Waals surface area contributed by atoms with Gasteiger partial charge in [-0.05, 0) is 17.5 Å². The summed E-state index contributed by atoms with van der Waals surface area (Å²) in [6.45, 7) is 0.0892. The number of carbonyl (C=O) groups is 1. The predicted octanol–water partition coefficient (Wildman–Crippen LogP) is 2.33. The van der Waals surface area contributed by atoms with Crippen LogP contribution in [0.1, 0.15) is 0 Å². The first-order valence-corrected chi connectivity index (χ1v) is 7.65. The minimum atomic E-state index is -0.340. The molecular formula is C9H10N4O2S3. The maximum absolute atomic E-state index is 11.6. The third kappa shape index (κ3) is 3.95. The summed E-state index contributed by atoms with van der Waals surface area (Å²) in [6, 6.07) is 3.33. The van der Waals surface area contributed by atoms with Crippen LogP contribution < -0.4 is 10.6 Å². The number of aromatic nitrogens is 2. The number of anilines is 2. The molecule has 6 nitrogen and oxygen atoms in total. The van der Waals surface area contributed by atoms with Crippen molar-refractivity contribution in [3.8, 4) is 0 Å². The lowest BCUT2D eigenvalue weighted by atomic mass is 10.6. The Bertz CT molecular complexity index is 500. The van der Waals surface area contributed by atoms with Crippen LogP contribution in [-0.4, -0.2) is 33.7 Å². The molecule has 0 saturated carbocycles. The van der Waals surface area contributed by atoms with Gasteiger partial charge in [-0.25, -0.2) is 4.79 Å². The van der Waals surface area contributed by atoms with Crippen molar-refractivity contribution in [1.82, 2.24) is 10.2 Å². The fourth-order valence-corrected chi connectivity index (χ4v) is 3.21. The topological polar surface area (TPSA) is 87.1 Å². The molecule has 0 aromatic carbocycles. The molecular weight excluding hydrogens is 292 g/mol. The fourth-order valence-electron chi connectivity index (χ4n) is 1.04. The molecule has 0 bridgehead atoms. The van der Waals surface area contributed by atoms with Gasteiger partial charge in [0.15, 0.2) is 4.34 Å². The van der Waals surface area contributed by atoms with Crippen molar-refractivity contribution >= 4 is 50.6 Å². The van der Waals surface area contributed by atoms with E-state index in [-0.39, 0.29) is 12.6 Å². The molecule has 2 aromatic rings. The Balaban J connectivity index is 1.85. The summed E-state index contributed by atoms with van der Waals surface area (Å²) in [5, 5.41) is 24.8. The van der Waals surface area contributed by atoms with Gasteiger partial charge in [0, 0.05) is 5.75 Å². The highest BCUT2D eigenvalue weighted by Crippen LogP contribution is 2.25. The number of hydrogen-bond acceptors (Lipinski definition) is 7. The first-order valence-electron chi connectivity index (χ1n) is 4.96. The molecule has 0 aliphatic rings. The Morgan fingerprint density at radius 1 is 1.44 bits per heavy atom. The molecule has 2 rings (SSSR count). The number of urea groups is 1. The second kappa shape index (κ2) is 6.69. The Morgan fingerprint density at radius 2 is 2.33 bits per heavy atom. The van der Waals surface area contributed by atoms with Crippen LogP contribution in [-0.2, 0) is 0 Å². The normalized spacial score (nSPS) is 10.3. The van der Waals surface area contributed by atoms with Crippen LogP contribution in [0, 0.1) is 0 Å². The predicted molar refractivity (Wildman–Crippen MR) is 74.7 cm³/mol. The van der Waals surface area contributed by atoms with E-state index in [0.717, 1.165) is 9.34 Å². The first kappa shape index (κ1) is 13.3. The molecule has 2 amide bonds. The van der Waals surface area contributed by atoms with E-state index in [2.05, 4.69) is 20.8 Å². The molecule has 3 N–H and O–H groups in total. The van der Waals surface area contributed by atoms with E-state index in [0.29, 0.717) is 10.9 Å². The third-order valence-corrected chi connectivity index (χ3v) is 4.44. The number of hydrogen-bond donors (Lipinski definition) is 3. The van der Waals surface area contributed by atoms with Gasteiger partial charge < -0.3 is 5.11 Å². The van der Waals surface area contributed by atoms with Gasteiger partial charge in [-0.15, -0.1) is 21.5 Å². The van der Waals surface area contributed by atoms with Crippen LogP contribution in [0.15, 0.2) is 21.9 Å². The van der Waals surface area contributed by atoms with Crippen LogP contribution >= 0.6 is 34.4 Å². The zero-order chi connectivity index (χ0) is 12.8. The number of aliphatic hydroxyl groups excluding tert-OH is 1. The molecule has 0 spiro atoms. The molecule has 96 valence electrons. The monoisotopic (exact) mass is 302 g/mol. The number of thiophene rings is 1. The standard InChI is InChI=1S/C9H10N4O2S3/c14-3-5-17-9-13-12-8(18-9)11-7(15)10-6-2-1-4-16-6/h1-2,4,14H,3,5H2,(H2,10,11,12,15). The highest BCUT2D eigenvalue weighted by atomic mass is 32.2. The maximum Gasteiger partial charge on any atom is 0.326 e. The van der Waals surface area contributed by atoms with E-state index in [4.69, 9.17) is 5.11 Å². The average Bonchev–Trinajstić information content (AvgIpc) is 2.98. The minimum absolute atomic E-state index is 0.0892. The van der Waals surface area contributed by atoms with Crippen molar-refractivity contribution in [3.63, 3.8) is 0 Å². The van der Waals surface area contributed by atoms with Crippen molar-refractivity contribution in [2.75, 3.05) is 23.0 Å². The molecule has 0 aliphatic carbocycles. The summed E-state index contributed by atoms with van der Waals surface area (Å²) in [5.74, 6) is 0.566. The van der Waals surface area contributed by atoms with Crippen molar-refractivity contribution in [1.29, 1.82) is 0 Å². The van der Waals surface area contributed by atoms with Crippen LogP contribution in [0.5, 0.6) is 0 Å². The number of aliphatic hydroxyl groups is 1. The smallest absolute Gasteiger partial charge is 0.326 e. The van der Waals surface area contributed by atoms with E-state index in [1.165, 1.54) is 34.4 Å². The number of nitrogens with one attached hydrogen (secondary N) is 2.